The molecule has 0 fully saturated rings. The van der Waals surface area contributed by atoms with E-state index in [1.807, 2.05) is 0 Å². The molecule has 0 radical (unpaired) electrons. The van der Waals surface area contributed by atoms with Gasteiger partial charge in [-0.3, -0.25) is 10.1 Å². The Bertz CT molecular complexity index is 650. The van der Waals surface area contributed by atoms with Gasteiger partial charge in [-0.25, -0.2) is 9.48 Å². The van der Waals surface area contributed by atoms with Gasteiger partial charge in [0.25, 0.3) is 5.69 Å². The number of methoxy groups -OCH3 is 1. The maximum absolute atomic E-state index is 10.8. The van der Waals surface area contributed by atoms with Crippen molar-refractivity contribution in [3.05, 3.63) is 46.3 Å². The molecule has 8 nitrogen and oxygen atoms in total. The normalized spacial score (nSPS) is 10.2. The van der Waals surface area contributed by atoms with Gasteiger partial charge in [-0.15, -0.1) is 0 Å². The minimum absolute atomic E-state index is 0.0199. The predicted molar refractivity (Wildman–Crippen MR) is 63.7 cm³/mol. The molecule has 0 aliphatic rings. The second kappa shape index (κ2) is 4.77. The van der Waals surface area contributed by atoms with Crippen molar-refractivity contribution in [1.82, 2.24) is 9.78 Å². The van der Waals surface area contributed by atoms with E-state index in [2.05, 4.69) is 5.10 Å². The van der Waals surface area contributed by atoms with E-state index in [4.69, 9.17) is 9.84 Å². The molecular formula is C11H9N3O5. The zero-order chi connectivity index (χ0) is 14.0. The Kier molecular flexibility index (Phi) is 3.15. The Balaban J connectivity index is 2.54. The Morgan fingerprint density at radius 1 is 1.53 bits per heavy atom. The Morgan fingerprint density at radius 2 is 2.26 bits per heavy atom. The average molecular weight is 263 g/mol. The van der Waals surface area contributed by atoms with Crippen molar-refractivity contribution in [1.29, 1.82) is 0 Å². The molecule has 1 aromatic heterocycles. The first-order chi connectivity index (χ1) is 9.02. The minimum Gasteiger partial charge on any atom is -0.494 e. The molecule has 0 amide bonds. The molecule has 0 atom stereocenters. The fourth-order valence-corrected chi connectivity index (χ4v) is 1.54. The molecule has 1 aromatic carbocycles. The third-order valence-electron chi connectivity index (χ3n) is 2.45. The van der Waals surface area contributed by atoms with Gasteiger partial charge in [0.15, 0.2) is 0 Å². The highest BCUT2D eigenvalue weighted by atomic mass is 16.6. The lowest BCUT2D eigenvalue weighted by molar-refractivity contribution is -0.384. The number of nitrogens with zero attached hydrogens (tertiary/aromatic N) is 3. The molecule has 1 N–H and O–H groups in total. The lowest BCUT2D eigenvalue weighted by Gasteiger charge is -2.07. The number of benzene rings is 1. The van der Waals surface area contributed by atoms with Gasteiger partial charge in [0.1, 0.15) is 11.4 Å². The van der Waals surface area contributed by atoms with Crippen LogP contribution in [0.2, 0.25) is 0 Å². The van der Waals surface area contributed by atoms with Crippen molar-refractivity contribution < 1.29 is 19.6 Å². The first-order valence-electron chi connectivity index (χ1n) is 5.13. The molecule has 8 heteroatoms. The topological polar surface area (TPSA) is 107 Å². The van der Waals surface area contributed by atoms with Crippen LogP contribution in [-0.2, 0) is 0 Å². The van der Waals surface area contributed by atoms with E-state index >= 15 is 0 Å². The third kappa shape index (κ3) is 2.37. The van der Waals surface area contributed by atoms with Crippen LogP contribution in [0, 0.1) is 10.1 Å². The lowest BCUT2D eigenvalue weighted by atomic mass is 10.2. The van der Waals surface area contributed by atoms with Gasteiger partial charge in [-0.1, -0.05) is 0 Å². The maximum Gasteiger partial charge on any atom is 0.338 e. The molecule has 1 heterocycles. The van der Waals surface area contributed by atoms with Crippen molar-refractivity contribution in [3.8, 4) is 11.4 Å². The molecule has 0 spiro atoms. The highest BCUT2D eigenvalue weighted by Gasteiger charge is 2.15. The van der Waals surface area contributed by atoms with Crippen LogP contribution in [0.25, 0.3) is 5.69 Å². The third-order valence-corrected chi connectivity index (χ3v) is 2.45. The van der Waals surface area contributed by atoms with Crippen molar-refractivity contribution in [2.45, 2.75) is 0 Å². The van der Waals surface area contributed by atoms with Gasteiger partial charge in [0, 0.05) is 18.3 Å². The van der Waals surface area contributed by atoms with Crippen LogP contribution >= 0.6 is 0 Å². The zero-order valence-electron chi connectivity index (χ0n) is 9.81. The SMILES string of the molecule is COc1ccc([N+](=O)[O-])cc1-n1cc(C(=O)O)cn1. The number of non-ortho nitro benzene ring substituents is 1. The van der Waals surface area contributed by atoms with E-state index in [1.54, 1.807) is 0 Å². The summed E-state index contributed by atoms with van der Waals surface area (Å²) in [5, 5.41) is 23.4. The number of hydrogen-bond donors (Lipinski definition) is 1. The number of aromatic nitrogens is 2. The molecule has 0 aliphatic heterocycles. The Hall–Kier alpha value is -2.90. The monoisotopic (exact) mass is 263 g/mol. The van der Waals surface area contributed by atoms with Crippen LogP contribution in [0.5, 0.6) is 5.75 Å². The highest BCUT2D eigenvalue weighted by molar-refractivity contribution is 5.87. The van der Waals surface area contributed by atoms with Crippen LogP contribution < -0.4 is 4.74 Å². The number of rotatable bonds is 4. The summed E-state index contributed by atoms with van der Waals surface area (Å²) in [5.74, 6) is -0.777. The van der Waals surface area contributed by atoms with Gasteiger partial charge >= 0.3 is 5.97 Å². The number of carboxylic acids is 1. The number of nitro benzene ring substituents is 1. The second-order valence-corrected chi connectivity index (χ2v) is 3.59. The first kappa shape index (κ1) is 12.6. The number of hydrogen-bond acceptors (Lipinski definition) is 5. The molecule has 19 heavy (non-hydrogen) atoms. The van der Waals surface area contributed by atoms with Gasteiger partial charge in [-0.05, 0) is 6.07 Å². The zero-order valence-corrected chi connectivity index (χ0v) is 9.81. The van der Waals surface area contributed by atoms with Crippen LogP contribution in [0.15, 0.2) is 30.6 Å². The molecule has 0 saturated heterocycles. The lowest BCUT2D eigenvalue weighted by Crippen LogP contribution is -2.00. The van der Waals surface area contributed by atoms with Crippen molar-refractivity contribution in [2.75, 3.05) is 7.11 Å². The summed E-state index contributed by atoms with van der Waals surface area (Å²) in [5.41, 5.74) is 0.140. The summed E-state index contributed by atoms with van der Waals surface area (Å²) < 4.78 is 6.29. The standard InChI is InChI=1S/C11H9N3O5/c1-19-10-3-2-8(14(17)18)4-9(10)13-6-7(5-12-13)11(15)16/h2-6H,1H3,(H,15,16). The summed E-state index contributed by atoms with van der Waals surface area (Å²) >= 11 is 0. The number of carbonyl (C=O) groups is 1. The summed E-state index contributed by atoms with van der Waals surface area (Å²) in [6.45, 7) is 0. The molecule has 2 aromatic rings. The number of nitro groups is 1. The summed E-state index contributed by atoms with van der Waals surface area (Å²) in [7, 11) is 1.41. The quantitative estimate of drug-likeness (QED) is 0.661. The van der Waals surface area contributed by atoms with E-state index in [-0.39, 0.29) is 11.3 Å². The predicted octanol–water partition coefficient (Wildman–Crippen LogP) is 1.49. The highest BCUT2D eigenvalue weighted by Crippen LogP contribution is 2.27. The van der Waals surface area contributed by atoms with E-state index in [1.165, 1.54) is 36.2 Å². The van der Waals surface area contributed by atoms with E-state index in [0.29, 0.717) is 11.4 Å². The van der Waals surface area contributed by atoms with Gasteiger partial charge in [0.05, 0.1) is 23.8 Å². The second-order valence-electron chi connectivity index (χ2n) is 3.59. The van der Waals surface area contributed by atoms with E-state index in [0.717, 1.165) is 6.20 Å². The number of aromatic carboxylic acids is 1. The molecular weight excluding hydrogens is 254 g/mol. The summed E-state index contributed by atoms with van der Waals surface area (Å²) in [6.07, 6.45) is 2.41. The van der Waals surface area contributed by atoms with E-state index < -0.39 is 10.9 Å². The maximum atomic E-state index is 10.8. The smallest absolute Gasteiger partial charge is 0.338 e. The van der Waals surface area contributed by atoms with Gasteiger partial charge in [-0.2, -0.15) is 5.10 Å². The van der Waals surface area contributed by atoms with Crippen molar-refractivity contribution in [2.24, 2.45) is 0 Å². The van der Waals surface area contributed by atoms with E-state index in [9.17, 15) is 14.9 Å². The molecule has 98 valence electrons. The number of ether oxygens (including phenoxy) is 1. The Labute approximate surface area is 107 Å². The minimum atomic E-state index is -1.13. The van der Waals surface area contributed by atoms with Gasteiger partial charge < -0.3 is 9.84 Å². The summed E-state index contributed by atoms with van der Waals surface area (Å²) in [4.78, 5) is 21.0. The molecule has 0 saturated carbocycles. The fraction of sp³-hybridized carbons (Fsp3) is 0.0909. The molecule has 0 aliphatic carbocycles. The summed E-state index contributed by atoms with van der Waals surface area (Å²) in [6, 6.07) is 3.98. The number of carboxylic acid groups (broad SMARTS) is 1. The van der Waals surface area contributed by atoms with Crippen molar-refractivity contribution in [3.63, 3.8) is 0 Å². The van der Waals surface area contributed by atoms with Crippen LogP contribution in [0.1, 0.15) is 10.4 Å². The van der Waals surface area contributed by atoms with Crippen molar-refractivity contribution >= 4 is 11.7 Å². The Morgan fingerprint density at radius 3 is 2.79 bits per heavy atom. The molecule has 0 bridgehead atoms. The van der Waals surface area contributed by atoms with Crippen LogP contribution in [0.4, 0.5) is 5.69 Å². The average Bonchev–Trinajstić information content (AvgIpc) is 2.87. The van der Waals surface area contributed by atoms with Crippen LogP contribution in [0.3, 0.4) is 0 Å². The van der Waals surface area contributed by atoms with Crippen LogP contribution in [-0.4, -0.2) is 32.9 Å². The first-order valence-corrected chi connectivity index (χ1v) is 5.13. The largest absolute Gasteiger partial charge is 0.494 e. The molecule has 0 unspecified atom stereocenters. The molecule has 2 rings (SSSR count). The van der Waals surface area contributed by atoms with Gasteiger partial charge in [0.2, 0.25) is 0 Å². The fourth-order valence-electron chi connectivity index (χ4n) is 1.54.